The second kappa shape index (κ2) is 4.03. The van der Waals surface area contributed by atoms with E-state index in [1.807, 2.05) is 36.4 Å². The lowest BCUT2D eigenvalue weighted by molar-refractivity contribution is 0.103. The Morgan fingerprint density at radius 1 is 1.10 bits per heavy atom. The van der Waals surface area contributed by atoms with Crippen LogP contribution in [0.3, 0.4) is 0 Å². The maximum absolute atomic E-state index is 12.5. The molecule has 0 atom stereocenters. The van der Waals surface area contributed by atoms with Gasteiger partial charge in [0, 0.05) is 17.8 Å². The van der Waals surface area contributed by atoms with Crippen molar-refractivity contribution in [2.45, 2.75) is 0 Å². The van der Waals surface area contributed by atoms with Gasteiger partial charge < -0.3 is 9.97 Å². The molecule has 5 heteroatoms. The number of para-hydroxylation sites is 2. The minimum absolute atomic E-state index is 0.138. The molecule has 5 nitrogen and oxygen atoms in total. The monoisotopic (exact) mass is 262 g/mol. The Labute approximate surface area is 113 Å². The van der Waals surface area contributed by atoms with Crippen LogP contribution >= 0.6 is 0 Å². The summed E-state index contributed by atoms with van der Waals surface area (Å²) in [6, 6.07) is 11.3. The van der Waals surface area contributed by atoms with E-state index in [0.29, 0.717) is 17.0 Å². The molecule has 0 aliphatic rings. The molecule has 0 aliphatic heterocycles. The Kier molecular flexibility index (Phi) is 2.20. The third-order valence-corrected chi connectivity index (χ3v) is 3.30. The number of fused-ring (bicyclic) bond motifs is 2. The lowest BCUT2D eigenvalue weighted by Crippen LogP contribution is -2.02. The van der Waals surface area contributed by atoms with Crippen LogP contribution in [-0.4, -0.2) is 25.7 Å². The molecule has 20 heavy (non-hydrogen) atoms. The molecule has 0 radical (unpaired) electrons. The lowest BCUT2D eigenvalue weighted by Gasteiger charge is -1.94. The highest BCUT2D eigenvalue weighted by Crippen LogP contribution is 2.19. The van der Waals surface area contributed by atoms with E-state index in [1.165, 1.54) is 0 Å². The molecule has 4 aromatic rings. The van der Waals surface area contributed by atoms with Gasteiger partial charge in [-0.05, 0) is 24.3 Å². The number of nitrogens with one attached hydrogen (secondary N) is 2. The van der Waals surface area contributed by atoms with E-state index < -0.39 is 0 Å². The summed E-state index contributed by atoms with van der Waals surface area (Å²) < 4.78 is 0. The van der Waals surface area contributed by atoms with E-state index in [4.69, 9.17) is 0 Å². The number of rotatable bonds is 2. The molecule has 0 saturated carbocycles. The summed E-state index contributed by atoms with van der Waals surface area (Å²) >= 11 is 0. The van der Waals surface area contributed by atoms with Crippen molar-refractivity contribution in [1.82, 2.24) is 19.9 Å². The van der Waals surface area contributed by atoms with Crippen molar-refractivity contribution >= 4 is 27.9 Å². The zero-order valence-corrected chi connectivity index (χ0v) is 10.4. The third-order valence-electron chi connectivity index (χ3n) is 3.30. The predicted molar refractivity (Wildman–Crippen MR) is 75.6 cm³/mol. The summed E-state index contributed by atoms with van der Waals surface area (Å²) in [5.41, 5.74) is 2.92. The molecule has 4 rings (SSSR count). The quantitative estimate of drug-likeness (QED) is 0.545. The Morgan fingerprint density at radius 2 is 2.00 bits per heavy atom. The highest BCUT2D eigenvalue weighted by atomic mass is 16.1. The molecule has 0 unspecified atom stereocenters. The molecule has 0 amide bonds. The molecule has 0 saturated heterocycles. The molecule has 96 valence electrons. The van der Waals surface area contributed by atoms with Gasteiger partial charge in [0.05, 0.1) is 16.6 Å². The van der Waals surface area contributed by atoms with Crippen LogP contribution in [-0.2, 0) is 0 Å². The second-order valence-electron chi connectivity index (χ2n) is 4.53. The fourth-order valence-corrected chi connectivity index (χ4v) is 2.33. The van der Waals surface area contributed by atoms with Gasteiger partial charge in [0.1, 0.15) is 5.65 Å². The molecular formula is C15H10N4O. The van der Waals surface area contributed by atoms with Crippen LogP contribution in [0.5, 0.6) is 0 Å². The lowest BCUT2D eigenvalue weighted by atomic mass is 10.1. The van der Waals surface area contributed by atoms with Gasteiger partial charge in [-0.3, -0.25) is 4.79 Å². The summed E-state index contributed by atoms with van der Waals surface area (Å²) in [6.07, 6.45) is 3.36. The molecule has 0 fully saturated rings. The van der Waals surface area contributed by atoms with Crippen LogP contribution in [0.2, 0.25) is 0 Å². The minimum atomic E-state index is -0.138. The van der Waals surface area contributed by atoms with E-state index in [-0.39, 0.29) is 5.78 Å². The maximum Gasteiger partial charge on any atom is 0.230 e. The SMILES string of the molecule is O=C(c1nc2ccccc2[nH]1)c1c[nH]c2ncccc12. The first-order valence-corrected chi connectivity index (χ1v) is 6.24. The molecule has 3 heterocycles. The van der Waals surface area contributed by atoms with Crippen molar-refractivity contribution < 1.29 is 4.79 Å². The van der Waals surface area contributed by atoms with Gasteiger partial charge in [-0.25, -0.2) is 9.97 Å². The van der Waals surface area contributed by atoms with E-state index in [0.717, 1.165) is 16.4 Å². The molecular weight excluding hydrogens is 252 g/mol. The van der Waals surface area contributed by atoms with Crippen molar-refractivity contribution in [2.75, 3.05) is 0 Å². The number of carbonyl (C=O) groups excluding carboxylic acids is 1. The van der Waals surface area contributed by atoms with Gasteiger partial charge >= 0.3 is 0 Å². The largest absolute Gasteiger partial charge is 0.345 e. The summed E-state index contributed by atoms with van der Waals surface area (Å²) in [5.74, 6) is 0.205. The first-order chi connectivity index (χ1) is 9.83. The van der Waals surface area contributed by atoms with E-state index in [9.17, 15) is 4.79 Å². The molecule has 1 aromatic carbocycles. The topological polar surface area (TPSA) is 74.4 Å². The van der Waals surface area contributed by atoms with Crippen LogP contribution in [0.15, 0.2) is 48.8 Å². The van der Waals surface area contributed by atoms with E-state index in [2.05, 4.69) is 19.9 Å². The van der Waals surface area contributed by atoms with Crippen molar-refractivity contribution in [3.05, 3.63) is 60.2 Å². The van der Waals surface area contributed by atoms with Gasteiger partial charge in [-0.2, -0.15) is 0 Å². The van der Waals surface area contributed by atoms with E-state index >= 15 is 0 Å². The second-order valence-corrected chi connectivity index (χ2v) is 4.53. The fraction of sp³-hybridized carbons (Fsp3) is 0. The number of pyridine rings is 1. The fourth-order valence-electron chi connectivity index (χ4n) is 2.33. The molecule has 2 N–H and O–H groups in total. The summed E-state index contributed by atoms with van der Waals surface area (Å²) in [4.78, 5) is 27.1. The zero-order chi connectivity index (χ0) is 13.5. The van der Waals surface area contributed by atoms with Crippen LogP contribution < -0.4 is 0 Å². The van der Waals surface area contributed by atoms with Crippen molar-refractivity contribution in [3.63, 3.8) is 0 Å². The van der Waals surface area contributed by atoms with Crippen LogP contribution in [0, 0.1) is 0 Å². The van der Waals surface area contributed by atoms with Gasteiger partial charge in [-0.15, -0.1) is 0 Å². The Balaban J connectivity index is 1.87. The van der Waals surface area contributed by atoms with Crippen molar-refractivity contribution in [3.8, 4) is 0 Å². The van der Waals surface area contributed by atoms with Crippen LogP contribution in [0.1, 0.15) is 16.2 Å². The summed E-state index contributed by atoms with van der Waals surface area (Å²) in [7, 11) is 0. The summed E-state index contributed by atoms with van der Waals surface area (Å²) in [5, 5.41) is 0.804. The number of aromatic amines is 2. The number of aromatic nitrogens is 4. The Hall–Kier alpha value is -2.95. The number of hydrogen-bond donors (Lipinski definition) is 2. The number of imidazole rings is 1. The predicted octanol–water partition coefficient (Wildman–Crippen LogP) is 2.67. The molecule has 0 spiro atoms. The highest BCUT2D eigenvalue weighted by Gasteiger charge is 2.17. The Morgan fingerprint density at radius 3 is 2.90 bits per heavy atom. The van der Waals surface area contributed by atoms with Gasteiger partial charge in [0.25, 0.3) is 0 Å². The number of ketones is 1. The third kappa shape index (κ3) is 1.53. The number of nitrogens with zero attached hydrogens (tertiary/aromatic N) is 2. The summed E-state index contributed by atoms with van der Waals surface area (Å²) in [6.45, 7) is 0. The average Bonchev–Trinajstić information content (AvgIpc) is 3.10. The Bertz CT molecular complexity index is 902. The number of carbonyl (C=O) groups is 1. The maximum atomic E-state index is 12.5. The first kappa shape index (κ1) is 10.9. The number of H-pyrrole nitrogens is 2. The normalized spacial score (nSPS) is 11.2. The average molecular weight is 262 g/mol. The molecule has 0 aliphatic carbocycles. The molecule has 0 bridgehead atoms. The number of hydrogen-bond acceptors (Lipinski definition) is 3. The van der Waals surface area contributed by atoms with Crippen molar-refractivity contribution in [1.29, 1.82) is 0 Å². The standard InChI is InChI=1S/C15H10N4O/c20-13(10-8-17-14-9(10)4-3-7-16-14)15-18-11-5-1-2-6-12(11)19-15/h1-8H,(H,16,17)(H,18,19). The minimum Gasteiger partial charge on any atom is -0.345 e. The zero-order valence-electron chi connectivity index (χ0n) is 10.4. The smallest absolute Gasteiger partial charge is 0.230 e. The van der Waals surface area contributed by atoms with Crippen molar-refractivity contribution in [2.24, 2.45) is 0 Å². The number of benzene rings is 1. The van der Waals surface area contributed by atoms with Crippen LogP contribution in [0.4, 0.5) is 0 Å². The van der Waals surface area contributed by atoms with Crippen LogP contribution in [0.25, 0.3) is 22.1 Å². The van der Waals surface area contributed by atoms with Gasteiger partial charge in [-0.1, -0.05) is 12.1 Å². The van der Waals surface area contributed by atoms with Gasteiger partial charge in [0.2, 0.25) is 5.78 Å². The first-order valence-electron chi connectivity index (χ1n) is 6.24. The van der Waals surface area contributed by atoms with Gasteiger partial charge in [0.15, 0.2) is 5.82 Å². The molecule has 3 aromatic heterocycles. The highest BCUT2D eigenvalue weighted by molar-refractivity contribution is 6.14. The van der Waals surface area contributed by atoms with E-state index in [1.54, 1.807) is 12.4 Å².